The van der Waals surface area contributed by atoms with E-state index in [0.29, 0.717) is 45.5 Å². The topological polar surface area (TPSA) is 58.4 Å². The molecule has 2 aromatic rings. The van der Waals surface area contributed by atoms with E-state index in [2.05, 4.69) is 16.9 Å². The standard InChI is InChI=1S/C18H20ClN3O2/c1-22-5-3-12(4-6-22)11-24-17-8-15-14(7-16(17)23-2)18(19)13(9-20)10-21-15/h7-8,10,12H,3-6,11H2,1-2H3. The summed E-state index contributed by atoms with van der Waals surface area (Å²) in [6, 6.07) is 5.66. The average molecular weight is 346 g/mol. The fourth-order valence-electron chi connectivity index (χ4n) is 2.95. The van der Waals surface area contributed by atoms with Crippen molar-refractivity contribution in [3.05, 3.63) is 28.9 Å². The highest BCUT2D eigenvalue weighted by atomic mass is 35.5. The average Bonchev–Trinajstić information content (AvgIpc) is 2.61. The van der Waals surface area contributed by atoms with Crippen molar-refractivity contribution in [2.24, 2.45) is 5.92 Å². The van der Waals surface area contributed by atoms with Crippen LogP contribution in [0.5, 0.6) is 11.5 Å². The SMILES string of the molecule is COc1cc2c(Cl)c(C#N)cnc2cc1OCC1CCN(C)CC1. The lowest BCUT2D eigenvalue weighted by Gasteiger charge is -2.28. The Morgan fingerprint density at radius 3 is 2.75 bits per heavy atom. The van der Waals surface area contributed by atoms with Gasteiger partial charge in [0.2, 0.25) is 0 Å². The normalized spacial score (nSPS) is 16.1. The first kappa shape index (κ1) is 16.8. The van der Waals surface area contributed by atoms with Crippen molar-refractivity contribution < 1.29 is 9.47 Å². The van der Waals surface area contributed by atoms with E-state index in [-0.39, 0.29) is 0 Å². The van der Waals surface area contributed by atoms with E-state index in [4.69, 9.17) is 26.3 Å². The van der Waals surface area contributed by atoms with E-state index in [1.54, 1.807) is 13.2 Å². The molecule has 0 atom stereocenters. The Balaban J connectivity index is 1.84. The maximum atomic E-state index is 9.07. The first-order valence-corrected chi connectivity index (χ1v) is 8.38. The van der Waals surface area contributed by atoms with Crippen LogP contribution in [-0.2, 0) is 0 Å². The molecule has 1 aliphatic rings. The third-order valence-electron chi connectivity index (χ3n) is 4.52. The van der Waals surface area contributed by atoms with E-state index >= 15 is 0 Å². The minimum absolute atomic E-state index is 0.353. The number of methoxy groups -OCH3 is 1. The molecule has 0 aliphatic carbocycles. The van der Waals surface area contributed by atoms with Gasteiger partial charge in [0.25, 0.3) is 0 Å². The van der Waals surface area contributed by atoms with Gasteiger partial charge in [0, 0.05) is 17.6 Å². The Kier molecular flexibility index (Phi) is 5.08. The number of rotatable bonds is 4. The minimum Gasteiger partial charge on any atom is -0.493 e. The molecule has 0 radical (unpaired) electrons. The van der Waals surface area contributed by atoms with Crippen LogP contribution in [0.25, 0.3) is 10.9 Å². The molecule has 1 fully saturated rings. The zero-order chi connectivity index (χ0) is 17.1. The second-order valence-electron chi connectivity index (χ2n) is 6.18. The highest BCUT2D eigenvalue weighted by molar-refractivity contribution is 6.36. The van der Waals surface area contributed by atoms with Crippen LogP contribution >= 0.6 is 11.6 Å². The molecule has 24 heavy (non-hydrogen) atoms. The Bertz CT molecular complexity index is 780. The van der Waals surface area contributed by atoms with Crippen LogP contribution in [0.15, 0.2) is 18.3 Å². The Hall–Kier alpha value is -2.03. The van der Waals surface area contributed by atoms with Gasteiger partial charge in [0.05, 0.1) is 29.8 Å². The van der Waals surface area contributed by atoms with E-state index in [9.17, 15) is 0 Å². The molecule has 1 aliphatic heterocycles. The number of pyridine rings is 1. The lowest BCUT2D eigenvalue weighted by molar-refractivity contribution is 0.157. The van der Waals surface area contributed by atoms with Gasteiger partial charge in [-0.1, -0.05) is 11.6 Å². The number of fused-ring (bicyclic) bond motifs is 1. The summed E-state index contributed by atoms with van der Waals surface area (Å²) in [7, 11) is 3.74. The van der Waals surface area contributed by atoms with Gasteiger partial charge in [-0.15, -0.1) is 0 Å². The van der Waals surface area contributed by atoms with Crippen molar-refractivity contribution in [1.82, 2.24) is 9.88 Å². The number of hydrogen-bond acceptors (Lipinski definition) is 5. The predicted octanol–water partition coefficient (Wildman–Crippen LogP) is 3.49. The molecular formula is C18H20ClN3O2. The second-order valence-corrected chi connectivity index (χ2v) is 6.55. The Labute approximate surface area is 146 Å². The van der Waals surface area contributed by atoms with Gasteiger partial charge in [-0.25, -0.2) is 0 Å². The third kappa shape index (κ3) is 3.40. The van der Waals surface area contributed by atoms with Crippen molar-refractivity contribution >= 4 is 22.5 Å². The number of ether oxygens (including phenoxy) is 2. The maximum absolute atomic E-state index is 9.07. The summed E-state index contributed by atoms with van der Waals surface area (Å²) in [5.74, 6) is 1.82. The van der Waals surface area contributed by atoms with Crippen LogP contribution in [0.4, 0.5) is 0 Å². The molecule has 1 aromatic heterocycles. The molecule has 2 heterocycles. The number of aromatic nitrogens is 1. The van der Waals surface area contributed by atoms with Gasteiger partial charge in [-0.05, 0) is 45.0 Å². The van der Waals surface area contributed by atoms with Gasteiger partial charge in [-0.2, -0.15) is 5.26 Å². The zero-order valence-corrected chi connectivity index (χ0v) is 14.6. The van der Waals surface area contributed by atoms with E-state index < -0.39 is 0 Å². The molecule has 1 aromatic carbocycles. The molecule has 0 saturated carbocycles. The van der Waals surface area contributed by atoms with Crippen molar-refractivity contribution in [2.75, 3.05) is 33.9 Å². The fourth-order valence-corrected chi connectivity index (χ4v) is 3.20. The number of nitriles is 1. The smallest absolute Gasteiger partial charge is 0.163 e. The minimum atomic E-state index is 0.353. The monoisotopic (exact) mass is 345 g/mol. The van der Waals surface area contributed by atoms with Gasteiger partial charge in [0.15, 0.2) is 11.5 Å². The number of piperidine rings is 1. The van der Waals surface area contributed by atoms with Crippen LogP contribution < -0.4 is 9.47 Å². The second kappa shape index (κ2) is 7.25. The summed E-state index contributed by atoms with van der Waals surface area (Å²) in [6.45, 7) is 2.88. The first-order valence-electron chi connectivity index (χ1n) is 8.00. The largest absolute Gasteiger partial charge is 0.493 e. The highest BCUT2D eigenvalue weighted by Gasteiger charge is 2.19. The molecule has 0 unspecified atom stereocenters. The molecule has 5 nitrogen and oxygen atoms in total. The van der Waals surface area contributed by atoms with Crippen LogP contribution in [0.1, 0.15) is 18.4 Å². The quantitative estimate of drug-likeness (QED) is 0.849. The van der Waals surface area contributed by atoms with E-state index in [1.807, 2.05) is 12.1 Å². The number of benzene rings is 1. The third-order valence-corrected chi connectivity index (χ3v) is 4.93. The van der Waals surface area contributed by atoms with Crippen molar-refractivity contribution in [2.45, 2.75) is 12.8 Å². The van der Waals surface area contributed by atoms with E-state index in [0.717, 1.165) is 25.9 Å². The van der Waals surface area contributed by atoms with Gasteiger partial charge < -0.3 is 14.4 Å². The highest BCUT2D eigenvalue weighted by Crippen LogP contribution is 2.36. The van der Waals surface area contributed by atoms with Crippen molar-refractivity contribution in [3.8, 4) is 17.6 Å². The zero-order valence-electron chi connectivity index (χ0n) is 13.9. The maximum Gasteiger partial charge on any atom is 0.163 e. The number of likely N-dealkylation sites (tertiary alicyclic amines) is 1. The molecule has 6 heteroatoms. The van der Waals surface area contributed by atoms with Crippen LogP contribution in [0, 0.1) is 17.2 Å². The molecule has 126 valence electrons. The van der Waals surface area contributed by atoms with Crippen molar-refractivity contribution in [1.29, 1.82) is 5.26 Å². The summed E-state index contributed by atoms with van der Waals surface area (Å²) >= 11 is 6.27. The van der Waals surface area contributed by atoms with Gasteiger partial charge in [0.1, 0.15) is 6.07 Å². The lowest BCUT2D eigenvalue weighted by atomic mass is 9.98. The lowest BCUT2D eigenvalue weighted by Crippen LogP contribution is -2.32. The number of hydrogen-bond donors (Lipinski definition) is 0. The summed E-state index contributed by atoms with van der Waals surface area (Å²) in [5.41, 5.74) is 1.05. The number of halogens is 1. The molecule has 0 spiro atoms. The van der Waals surface area contributed by atoms with Crippen LogP contribution in [0.2, 0.25) is 5.02 Å². The number of nitrogens with zero attached hydrogens (tertiary/aromatic N) is 3. The molecule has 0 amide bonds. The fraction of sp³-hybridized carbons (Fsp3) is 0.444. The molecule has 1 saturated heterocycles. The van der Waals surface area contributed by atoms with Gasteiger partial charge >= 0.3 is 0 Å². The van der Waals surface area contributed by atoms with Gasteiger partial charge in [-0.3, -0.25) is 4.98 Å². The van der Waals surface area contributed by atoms with Crippen LogP contribution in [-0.4, -0.2) is 43.7 Å². The molecule has 0 N–H and O–H groups in total. The summed E-state index contributed by atoms with van der Waals surface area (Å²) in [6.07, 6.45) is 3.77. The predicted molar refractivity (Wildman–Crippen MR) is 93.7 cm³/mol. The molecule has 0 bridgehead atoms. The Morgan fingerprint density at radius 2 is 2.08 bits per heavy atom. The van der Waals surface area contributed by atoms with Crippen molar-refractivity contribution in [3.63, 3.8) is 0 Å². The summed E-state index contributed by atoms with van der Waals surface area (Å²) in [4.78, 5) is 6.64. The molecule has 3 rings (SSSR count). The first-order chi connectivity index (χ1) is 11.6. The Morgan fingerprint density at radius 1 is 1.33 bits per heavy atom. The summed E-state index contributed by atoms with van der Waals surface area (Å²) in [5, 5.41) is 10.2. The molecular weight excluding hydrogens is 326 g/mol. The summed E-state index contributed by atoms with van der Waals surface area (Å²) < 4.78 is 11.5. The van der Waals surface area contributed by atoms with Crippen LogP contribution in [0.3, 0.4) is 0 Å². The van der Waals surface area contributed by atoms with E-state index in [1.165, 1.54) is 6.20 Å².